The van der Waals surface area contributed by atoms with Gasteiger partial charge in [0, 0.05) is 42.9 Å². The fraction of sp³-hybridized carbons (Fsp3) is 0.364. The molecule has 44 heavy (non-hydrogen) atoms. The summed E-state index contributed by atoms with van der Waals surface area (Å²) in [6.07, 6.45) is 4.37. The van der Waals surface area contributed by atoms with E-state index in [0.29, 0.717) is 17.2 Å². The third-order valence-corrected chi connectivity index (χ3v) is 8.32. The molecule has 1 aliphatic heterocycles. The maximum absolute atomic E-state index is 13.4. The zero-order valence-electron chi connectivity index (χ0n) is 25.0. The van der Waals surface area contributed by atoms with Crippen LogP contribution in [0.2, 0.25) is 0 Å². The van der Waals surface area contributed by atoms with Crippen LogP contribution < -0.4 is 14.4 Å². The van der Waals surface area contributed by atoms with Crippen LogP contribution in [0.5, 0.6) is 5.88 Å². The summed E-state index contributed by atoms with van der Waals surface area (Å²) >= 11 is 1.38. The molecule has 0 aliphatic carbocycles. The molecule has 0 radical (unpaired) electrons. The van der Waals surface area contributed by atoms with Crippen molar-refractivity contribution in [2.75, 3.05) is 29.3 Å². The van der Waals surface area contributed by atoms with E-state index in [1.807, 2.05) is 48.5 Å². The Kier molecular flexibility index (Phi) is 9.83. The summed E-state index contributed by atoms with van der Waals surface area (Å²) in [6, 6.07) is 19.5. The molecule has 1 aromatic carbocycles. The maximum atomic E-state index is 13.4. The fourth-order valence-electron chi connectivity index (χ4n) is 4.88. The molecule has 0 fully saturated rings. The van der Waals surface area contributed by atoms with Gasteiger partial charge in [0.25, 0.3) is 0 Å². The summed E-state index contributed by atoms with van der Waals surface area (Å²) in [6.45, 7) is 7.25. The minimum absolute atomic E-state index is 0.112. The van der Waals surface area contributed by atoms with Crippen molar-refractivity contribution in [3.63, 3.8) is 0 Å². The summed E-state index contributed by atoms with van der Waals surface area (Å²) in [7, 11) is 0. The van der Waals surface area contributed by atoms with Crippen molar-refractivity contribution >= 4 is 23.6 Å². The molecule has 0 amide bonds. The van der Waals surface area contributed by atoms with Gasteiger partial charge in [0.15, 0.2) is 0 Å². The normalized spacial score (nSPS) is 14.7. The van der Waals surface area contributed by atoms with Gasteiger partial charge in [-0.15, -0.1) is 11.7 Å². The predicted molar refractivity (Wildman–Crippen MR) is 170 cm³/mol. The molecule has 7 nitrogen and oxygen atoms in total. The Bertz CT molecular complexity index is 1570. The van der Waals surface area contributed by atoms with Crippen LogP contribution in [0.3, 0.4) is 0 Å². The number of aryl methyl sites for hydroxylation is 1. The highest BCUT2D eigenvalue weighted by molar-refractivity contribution is 8.00. The van der Waals surface area contributed by atoms with Crippen LogP contribution >= 0.6 is 11.9 Å². The van der Waals surface area contributed by atoms with Gasteiger partial charge in [0.1, 0.15) is 23.3 Å². The van der Waals surface area contributed by atoms with E-state index >= 15 is 0 Å². The average molecular weight is 623 g/mol. The van der Waals surface area contributed by atoms with Crippen molar-refractivity contribution in [2.45, 2.75) is 57.2 Å². The molecular weight excluding hydrogens is 585 g/mol. The third kappa shape index (κ3) is 7.56. The van der Waals surface area contributed by atoms with E-state index < -0.39 is 18.2 Å². The molecule has 4 bridgehead atoms. The average Bonchev–Trinajstić information content (AvgIpc) is 3.48. The number of halogens is 3. The highest BCUT2D eigenvalue weighted by Gasteiger charge is 2.48. The molecule has 0 saturated carbocycles. The molecule has 5 rings (SSSR count). The molecule has 11 heteroatoms. The molecule has 0 unspecified atom stereocenters. The summed E-state index contributed by atoms with van der Waals surface area (Å²) < 4.78 is 50.5. The second-order valence-corrected chi connectivity index (χ2v) is 12.3. The van der Waals surface area contributed by atoms with Crippen molar-refractivity contribution < 1.29 is 17.9 Å². The lowest BCUT2D eigenvalue weighted by Gasteiger charge is -2.26. The summed E-state index contributed by atoms with van der Waals surface area (Å²) in [4.78, 5) is 12.1. The van der Waals surface area contributed by atoms with Gasteiger partial charge in [-0.3, -0.25) is 0 Å². The molecule has 232 valence electrons. The Hall–Kier alpha value is -3.99. The number of hydrogen-bond acceptors (Lipinski definition) is 7. The van der Waals surface area contributed by atoms with Crippen LogP contribution in [0.25, 0.3) is 16.9 Å². The van der Waals surface area contributed by atoms with Crippen LogP contribution in [-0.2, 0) is 6.42 Å². The Morgan fingerprint density at radius 1 is 0.977 bits per heavy atom. The standard InChI is InChI=1S/C33H37F3N6OS/c1-4-20-41-21-10-6-5-7-12-24-13-8-9-14-25(24)31-26(17-18-27(37-31)40-44-30-16-11-15-28(41)38-30)42-22-19-29(39-42)43-23-32(2,3)33(34,35)36/h4,8-9,11,13-19,22H,1,5-7,10,12,20-21,23H2,2-3H3,(H,37,40). The van der Waals surface area contributed by atoms with Crippen LogP contribution in [0.4, 0.5) is 24.8 Å². The van der Waals surface area contributed by atoms with Gasteiger partial charge < -0.3 is 14.4 Å². The minimum atomic E-state index is -4.39. The Balaban J connectivity index is 1.48. The van der Waals surface area contributed by atoms with Crippen LogP contribution in [0.15, 0.2) is 84.5 Å². The summed E-state index contributed by atoms with van der Waals surface area (Å²) in [5.41, 5.74) is 1.54. The zero-order valence-corrected chi connectivity index (χ0v) is 25.8. The lowest BCUT2D eigenvalue weighted by molar-refractivity contribution is -0.219. The van der Waals surface area contributed by atoms with Crippen LogP contribution in [-0.4, -0.2) is 45.6 Å². The molecule has 3 aromatic heterocycles. The number of rotatable bonds is 6. The van der Waals surface area contributed by atoms with Gasteiger partial charge in [-0.2, -0.15) is 13.2 Å². The predicted octanol–water partition coefficient (Wildman–Crippen LogP) is 8.52. The Morgan fingerprint density at radius 3 is 2.61 bits per heavy atom. The quantitative estimate of drug-likeness (QED) is 0.171. The molecule has 4 heterocycles. The van der Waals surface area contributed by atoms with Gasteiger partial charge in [0.2, 0.25) is 5.88 Å². The van der Waals surface area contributed by atoms with Crippen LogP contribution in [0.1, 0.15) is 45.1 Å². The van der Waals surface area contributed by atoms with E-state index in [9.17, 15) is 13.2 Å². The van der Waals surface area contributed by atoms with E-state index in [0.717, 1.165) is 75.4 Å². The number of fused-ring (bicyclic) bond motifs is 6. The first-order chi connectivity index (χ1) is 21.1. The van der Waals surface area contributed by atoms with Gasteiger partial charge in [-0.1, -0.05) is 49.2 Å². The minimum Gasteiger partial charge on any atom is -0.476 e. The molecule has 1 aliphatic rings. The Morgan fingerprint density at radius 2 is 1.80 bits per heavy atom. The van der Waals surface area contributed by atoms with E-state index in [2.05, 4.69) is 33.4 Å². The number of aromatic nitrogens is 4. The third-order valence-electron chi connectivity index (χ3n) is 7.57. The number of alkyl halides is 3. The molecule has 1 N–H and O–H groups in total. The topological polar surface area (TPSA) is 68.1 Å². The van der Waals surface area contributed by atoms with Gasteiger partial charge >= 0.3 is 6.18 Å². The summed E-state index contributed by atoms with van der Waals surface area (Å²) in [5.74, 6) is 1.66. The largest absolute Gasteiger partial charge is 0.476 e. The van der Waals surface area contributed by atoms with Gasteiger partial charge in [-0.25, -0.2) is 14.6 Å². The van der Waals surface area contributed by atoms with E-state index in [1.54, 1.807) is 16.9 Å². The maximum Gasteiger partial charge on any atom is 0.397 e. The number of hydrogen-bond donors (Lipinski definition) is 1. The molecular formula is C33H37F3N6OS. The lowest BCUT2D eigenvalue weighted by Crippen LogP contribution is -2.37. The lowest BCUT2D eigenvalue weighted by atomic mass is 9.94. The van der Waals surface area contributed by atoms with Crippen molar-refractivity contribution in [3.05, 3.63) is 85.1 Å². The van der Waals surface area contributed by atoms with E-state index in [-0.39, 0.29) is 5.88 Å². The molecule has 4 aromatic rings. The molecule has 0 atom stereocenters. The number of nitrogens with one attached hydrogen (secondary N) is 1. The molecule has 0 saturated heterocycles. The number of anilines is 2. The second kappa shape index (κ2) is 13.8. The highest BCUT2D eigenvalue weighted by Crippen LogP contribution is 2.38. The van der Waals surface area contributed by atoms with E-state index in [4.69, 9.17) is 14.7 Å². The van der Waals surface area contributed by atoms with Gasteiger partial charge in [0.05, 0.1) is 16.8 Å². The van der Waals surface area contributed by atoms with Crippen LogP contribution in [0, 0.1) is 5.41 Å². The van der Waals surface area contributed by atoms with Crippen molar-refractivity contribution in [1.82, 2.24) is 19.7 Å². The first-order valence-electron chi connectivity index (χ1n) is 14.8. The second-order valence-electron chi connectivity index (χ2n) is 11.4. The van der Waals surface area contributed by atoms with Crippen molar-refractivity contribution in [2.24, 2.45) is 5.41 Å². The van der Waals surface area contributed by atoms with Crippen molar-refractivity contribution in [1.29, 1.82) is 0 Å². The smallest absolute Gasteiger partial charge is 0.397 e. The fourth-order valence-corrected chi connectivity index (χ4v) is 5.49. The summed E-state index contributed by atoms with van der Waals surface area (Å²) in [5, 5.41) is 5.28. The zero-order chi connectivity index (χ0) is 31.2. The Labute approximate surface area is 260 Å². The molecule has 0 spiro atoms. The monoisotopic (exact) mass is 622 g/mol. The first-order valence-corrected chi connectivity index (χ1v) is 15.6. The number of ether oxygens (including phenoxy) is 1. The van der Waals surface area contributed by atoms with E-state index in [1.165, 1.54) is 17.5 Å². The number of nitrogens with zero attached hydrogens (tertiary/aromatic N) is 5. The van der Waals surface area contributed by atoms with Gasteiger partial charge in [-0.05, 0) is 62.9 Å². The highest BCUT2D eigenvalue weighted by atomic mass is 32.2. The number of benzene rings is 1. The first kappa shape index (κ1) is 31.4. The van der Waals surface area contributed by atoms with Crippen molar-refractivity contribution in [3.8, 4) is 22.8 Å². The number of pyridine rings is 2. The SMILES string of the molecule is C=CCN1CCCCCCc2ccccc2-c2nc(ccc2-n2ccc(OCC(C)(C)C(F)(F)F)n2)NSc2cccc1n2.